The molecule has 0 fully saturated rings. The highest BCUT2D eigenvalue weighted by atomic mass is 15.2. The molecule has 0 rings (SSSR count). The van der Waals surface area contributed by atoms with Crippen LogP contribution in [0.1, 0.15) is 135 Å². The third kappa shape index (κ3) is 11.1. The first kappa shape index (κ1) is 34.9. The van der Waals surface area contributed by atoms with Crippen molar-refractivity contribution in [2.75, 3.05) is 19.6 Å². The predicted octanol–water partition coefficient (Wildman–Crippen LogP) is 9.52. The summed E-state index contributed by atoms with van der Waals surface area (Å²) in [6.45, 7) is 37.4. The third-order valence-electron chi connectivity index (χ3n) is 7.85. The Morgan fingerprint density at radius 1 is 0.514 bits per heavy atom. The summed E-state index contributed by atoms with van der Waals surface area (Å²) in [6.07, 6.45) is 7.90. The van der Waals surface area contributed by atoms with Crippen molar-refractivity contribution in [3.05, 3.63) is 0 Å². The standard InChI is InChI=1S/C33H70N2/c1-24(2)17-31(18-25(3)4)32(19-26(5)6,20-27(7)8)33(21-28(9)10,22-29(11)12)35(16-15-34)23-30(13)14/h24-31H,15-23,34H2,1-14H3. The van der Waals surface area contributed by atoms with E-state index in [-0.39, 0.29) is 11.0 Å². The highest BCUT2D eigenvalue weighted by Crippen LogP contribution is 2.59. The molecular weight excluding hydrogens is 424 g/mol. The van der Waals surface area contributed by atoms with Crippen LogP contribution in [0.25, 0.3) is 0 Å². The van der Waals surface area contributed by atoms with Gasteiger partial charge in [0.25, 0.3) is 0 Å². The summed E-state index contributed by atoms with van der Waals surface area (Å²) in [7, 11) is 0. The van der Waals surface area contributed by atoms with E-state index in [9.17, 15) is 0 Å². The molecule has 0 unspecified atom stereocenters. The van der Waals surface area contributed by atoms with Crippen LogP contribution in [0.2, 0.25) is 0 Å². The quantitative estimate of drug-likeness (QED) is 0.194. The number of hydrogen-bond donors (Lipinski definition) is 1. The lowest BCUT2D eigenvalue weighted by atomic mass is 9.49. The largest absolute Gasteiger partial charge is 0.329 e. The zero-order valence-corrected chi connectivity index (χ0v) is 27.0. The first-order valence-electron chi connectivity index (χ1n) is 15.5. The Morgan fingerprint density at radius 3 is 1.14 bits per heavy atom. The zero-order chi connectivity index (χ0) is 27.6. The van der Waals surface area contributed by atoms with Crippen LogP contribution >= 0.6 is 0 Å². The van der Waals surface area contributed by atoms with Crippen molar-refractivity contribution in [2.24, 2.45) is 58.5 Å². The van der Waals surface area contributed by atoms with E-state index in [0.717, 1.165) is 37.4 Å². The normalized spacial score (nSPS) is 14.1. The maximum Gasteiger partial charge on any atom is 0.0274 e. The van der Waals surface area contributed by atoms with Gasteiger partial charge in [-0.2, -0.15) is 0 Å². The second-order valence-electron chi connectivity index (χ2n) is 15.2. The van der Waals surface area contributed by atoms with Crippen LogP contribution in [0.3, 0.4) is 0 Å². The Labute approximate surface area is 224 Å². The summed E-state index contributed by atoms with van der Waals surface area (Å²) in [5.41, 5.74) is 6.85. The molecule has 0 bridgehead atoms. The van der Waals surface area contributed by atoms with Crippen molar-refractivity contribution >= 4 is 0 Å². The van der Waals surface area contributed by atoms with E-state index in [0.29, 0.717) is 29.6 Å². The fourth-order valence-electron chi connectivity index (χ4n) is 7.81. The van der Waals surface area contributed by atoms with Crippen molar-refractivity contribution < 1.29 is 0 Å². The molecule has 212 valence electrons. The van der Waals surface area contributed by atoms with Crippen LogP contribution in [0.15, 0.2) is 0 Å². The second-order valence-corrected chi connectivity index (χ2v) is 15.2. The average Bonchev–Trinajstić information content (AvgIpc) is 2.63. The van der Waals surface area contributed by atoms with Crippen molar-refractivity contribution in [2.45, 2.75) is 141 Å². The van der Waals surface area contributed by atoms with Gasteiger partial charge in [-0.05, 0) is 91.3 Å². The van der Waals surface area contributed by atoms with Gasteiger partial charge in [0.2, 0.25) is 0 Å². The van der Waals surface area contributed by atoms with E-state index in [4.69, 9.17) is 5.73 Å². The highest BCUT2D eigenvalue weighted by molar-refractivity contribution is 5.10. The molecule has 2 N–H and O–H groups in total. The van der Waals surface area contributed by atoms with Gasteiger partial charge in [0.05, 0.1) is 0 Å². The van der Waals surface area contributed by atoms with E-state index >= 15 is 0 Å². The van der Waals surface area contributed by atoms with E-state index < -0.39 is 0 Å². The van der Waals surface area contributed by atoms with E-state index in [1.54, 1.807) is 0 Å². The molecule has 0 amide bonds. The number of nitrogens with two attached hydrogens (primary N) is 1. The molecule has 0 aliphatic heterocycles. The van der Waals surface area contributed by atoms with Gasteiger partial charge in [-0.15, -0.1) is 0 Å². The summed E-state index contributed by atoms with van der Waals surface area (Å²) in [6, 6.07) is 0. The lowest BCUT2D eigenvalue weighted by Gasteiger charge is -2.63. The molecule has 0 radical (unpaired) electrons. The van der Waals surface area contributed by atoms with Crippen LogP contribution in [0.5, 0.6) is 0 Å². The summed E-state index contributed by atoms with van der Waals surface area (Å²) in [5, 5.41) is 0. The Bertz CT molecular complexity index is 499. The van der Waals surface area contributed by atoms with Gasteiger partial charge >= 0.3 is 0 Å². The molecule has 0 aromatic rings. The second kappa shape index (κ2) is 16.0. The average molecular weight is 495 g/mol. The maximum atomic E-state index is 6.41. The lowest BCUT2D eigenvalue weighted by Crippen LogP contribution is -2.66. The van der Waals surface area contributed by atoms with E-state index in [1.807, 2.05) is 0 Å². The van der Waals surface area contributed by atoms with Gasteiger partial charge in [0.15, 0.2) is 0 Å². The summed E-state index contributed by atoms with van der Waals surface area (Å²) in [5.74, 6) is 5.53. The molecule has 2 heteroatoms. The van der Waals surface area contributed by atoms with Gasteiger partial charge in [0, 0.05) is 25.2 Å². The van der Waals surface area contributed by atoms with E-state index in [2.05, 4.69) is 102 Å². The monoisotopic (exact) mass is 495 g/mol. The summed E-state index contributed by atoms with van der Waals surface area (Å²) in [4.78, 5) is 2.95. The van der Waals surface area contributed by atoms with Crippen molar-refractivity contribution in [1.29, 1.82) is 0 Å². The molecule has 0 aromatic carbocycles. The molecule has 35 heavy (non-hydrogen) atoms. The topological polar surface area (TPSA) is 29.3 Å². The zero-order valence-electron chi connectivity index (χ0n) is 27.0. The number of rotatable bonds is 19. The molecule has 0 aliphatic carbocycles. The van der Waals surface area contributed by atoms with Crippen LogP contribution < -0.4 is 5.73 Å². The minimum Gasteiger partial charge on any atom is -0.329 e. The van der Waals surface area contributed by atoms with Crippen molar-refractivity contribution in [1.82, 2.24) is 4.90 Å². The molecule has 0 aliphatic rings. The van der Waals surface area contributed by atoms with Gasteiger partial charge < -0.3 is 5.73 Å². The van der Waals surface area contributed by atoms with Crippen LogP contribution in [-0.4, -0.2) is 30.1 Å². The molecule has 0 atom stereocenters. The van der Waals surface area contributed by atoms with Crippen molar-refractivity contribution in [3.63, 3.8) is 0 Å². The minimum atomic E-state index is 0.169. The molecule has 2 nitrogen and oxygen atoms in total. The van der Waals surface area contributed by atoms with Crippen LogP contribution in [-0.2, 0) is 0 Å². The number of hydrogen-bond acceptors (Lipinski definition) is 2. The lowest BCUT2D eigenvalue weighted by molar-refractivity contribution is -0.130. The maximum absolute atomic E-state index is 6.41. The fourth-order valence-corrected chi connectivity index (χ4v) is 7.81. The Balaban J connectivity index is 7.67. The Kier molecular flexibility index (Phi) is 16.0. The third-order valence-corrected chi connectivity index (χ3v) is 7.85. The fraction of sp³-hybridized carbons (Fsp3) is 1.00. The smallest absolute Gasteiger partial charge is 0.0274 e. The molecule has 0 aromatic heterocycles. The Hall–Kier alpha value is -0.0800. The van der Waals surface area contributed by atoms with Gasteiger partial charge in [0.1, 0.15) is 0 Å². The molecule has 0 saturated heterocycles. The van der Waals surface area contributed by atoms with Gasteiger partial charge in [-0.25, -0.2) is 0 Å². The van der Waals surface area contributed by atoms with Crippen LogP contribution in [0.4, 0.5) is 0 Å². The summed E-state index contributed by atoms with van der Waals surface area (Å²) < 4.78 is 0. The first-order valence-corrected chi connectivity index (χ1v) is 15.5. The molecule has 0 heterocycles. The summed E-state index contributed by atoms with van der Waals surface area (Å²) >= 11 is 0. The molecule has 0 spiro atoms. The van der Waals surface area contributed by atoms with Gasteiger partial charge in [-0.3, -0.25) is 4.90 Å². The van der Waals surface area contributed by atoms with Crippen molar-refractivity contribution in [3.8, 4) is 0 Å². The molecule has 0 saturated carbocycles. The minimum absolute atomic E-state index is 0.169. The molecular formula is C33H70N2. The first-order chi connectivity index (χ1) is 16.0. The highest BCUT2D eigenvalue weighted by Gasteiger charge is 2.57. The van der Waals surface area contributed by atoms with Crippen LogP contribution in [0, 0.1) is 52.8 Å². The van der Waals surface area contributed by atoms with E-state index in [1.165, 1.54) is 38.5 Å². The number of nitrogens with zero attached hydrogens (tertiary/aromatic N) is 1. The Morgan fingerprint density at radius 2 is 0.886 bits per heavy atom. The van der Waals surface area contributed by atoms with Gasteiger partial charge in [-0.1, -0.05) is 96.9 Å². The predicted molar refractivity (Wildman–Crippen MR) is 161 cm³/mol. The SMILES string of the molecule is CC(C)CC(CC(C)C)C(CC(C)C)(CC(C)C)C(CC(C)C)(CC(C)C)N(CCN)CC(C)C.